The average molecular weight is 284 g/mol. The lowest BCUT2D eigenvalue weighted by Gasteiger charge is -2.23. The van der Waals surface area contributed by atoms with Gasteiger partial charge in [-0.15, -0.1) is 0 Å². The highest BCUT2D eigenvalue weighted by Crippen LogP contribution is 2.60. The molecule has 0 bridgehead atoms. The third-order valence-corrected chi connectivity index (χ3v) is 8.84. The van der Waals surface area contributed by atoms with Crippen LogP contribution in [0.15, 0.2) is 60.7 Å². The molecule has 0 aliphatic rings. The van der Waals surface area contributed by atoms with E-state index >= 15 is 0 Å². The topological polar surface area (TPSA) is 0 Å². The SMILES string of the molecule is C[P+](c1ccccc1)(c1ccccc1)C(Cl)Cl. The van der Waals surface area contributed by atoms with Crippen LogP contribution in [0.5, 0.6) is 0 Å². The summed E-state index contributed by atoms with van der Waals surface area (Å²) in [7, 11) is -1.72. The first-order chi connectivity index (χ1) is 8.15. The summed E-state index contributed by atoms with van der Waals surface area (Å²) in [6, 6.07) is 20.6. The van der Waals surface area contributed by atoms with Crippen molar-refractivity contribution in [1.29, 1.82) is 0 Å². The molecular formula is C14H14Cl2P+. The fraction of sp³-hybridized carbons (Fsp3) is 0.143. The van der Waals surface area contributed by atoms with Crippen LogP contribution in [0.2, 0.25) is 0 Å². The van der Waals surface area contributed by atoms with E-state index in [0.717, 1.165) is 0 Å². The maximum absolute atomic E-state index is 6.27. The van der Waals surface area contributed by atoms with Gasteiger partial charge in [0.05, 0.1) is 6.66 Å². The van der Waals surface area contributed by atoms with Crippen molar-refractivity contribution >= 4 is 41.1 Å². The van der Waals surface area contributed by atoms with E-state index < -0.39 is 7.26 Å². The zero-order valence-electron chi connectivity index (χ0n) is 9.55. The molecule has 0 atom stereocenters. The van der Waals surface area contributed by atoms with Crippen LogP contribution in [0.3, 0.4) is 0 Å². The summed E-state index contributed by atoms with van der Waals surface area (Å²) in [5.74, 6) is 0. The van der Waals surface area contributed by atoms with Crippen molar-refractivity contribution in [2.45, 2.75) is 4.58 Å². The second-order valence-corrected chi connectivity index (χ2v) is 9.43. The Morgan fingerprint density at radius 3 is 1.41 bits per heavy atom. The Morgan fingerprint density at radius 1 is 0.765 bits per heavy atom. The van der Waals surface area contributed by atoms with Crippen LogP contribution in [-0.2, 0) is 0 Å². The largest absolute Gasteiger partial charge is 0.224 e. The standard InChI is InChI=1S/C14H14Cl2P/c1-17(14(15)16,12-8-4-2-5-9-12)13-10-6-3-7-11-13/h2-11,14H,1H3/q+1. The first-order valence-corrected chi connectivity index (χ1v) is 8.59. The summed E-state index contributed by atoms with van der Waals surface area (Å²) >= 11 is 12.5. The molecule has 0 N–H and O–H groups in total. The van der Waals surface area contributed by atoms with Crippen LogP contribution in [0.1, 0.15) is 0 Å². The van der Waals surface area contributed by atoms with Crippen molar-refractivity contribution in [1.82, 2.24) is 0 Å². The fourth-order valence-electron chi connectivity index (χ4n) is 1.85. The van der Waals surface area contributed by atoms with Crippen molar-refractivity contribution in [3.8, 4) is 0 Å². The van der Waals surface area contributed by atoms with Crippen molar-refractivity contribution in [3.05, 3.63) is 60.7 Å². The molecule has 0 heterocycles. The van der Waals surface area contributed by atoms with E-state index in [0.29, 0.717) is 0 Å². The molecule has 3 heteroatoms. The van der Waals surface area contributed by atoms with Gasteiger partial charge in [-0.3, -0.25) is 0 Å². The molecule has 88 valence electrons. The number of halogens is 2. The highest BCUT2D eigenvalue weighted by atomic mass is 35.5. The molecule has 2 aromatic carbocycles. The normalized spacial score (nSPS) is 11.8. The summed E-state index contributed by atoms with van der Waals surface area (Å²) < 4.78 is -0.382. The summed E-state index contributed by atoms with van der Waals surface area (Å²) in [6.07, 6.45) is 0. The number of rotatable bonds is 3. The van der Waals surface area contributed by atoms with Crippen molar-refractivity contribution < 1.29 is 0 Å². The van der Waals surface area contributed by atoms with E-state index in [1.807, 2.05) is 36.4 Å². The molecule has 2 rings (SSSR count). The van der Waals surface area contributed by atoms with Crippen LogP contribution in [0, 0.1) is 0 Å². The van der Waals surface area contributed by atoms with Gasteiger partial charge in [-0.05, 0) is 24.3 Å². The molecule has 0 saturated carbocycles. The van der Waals surface area contributed by atoms with Crippen LogP contribution < -0.4 is 10.6 Å². The Labute approximate surface area is 113 Å². The second-order valence-electron chi connectivity index (χ2n) is 4.02. The Hall–Kier alpha value is -0.550. The molecule has 0 spiro atoms. The average Bonchev–Trinajstić information content (AvgIpc) is 2.39. The smallest absolute Gasteiger partial charge is 0.0620 e. The van der Waals surface area contributed by atoms with Crippen LogP contribution in [0.4, 0.5) is 0 Å². The second kappa shape index (κ2) is 5.40. The zero-order chi connectivity index (χ0) is 12.3. The third-order valence-electron chi connectivity index (χ3n) is 2.98. The fourth-order valence-corrected chi connectivity index (χ4v) is 5.53. The minimum atomic E-state index is -1.72. The van der Waals surface area contributed by atoms with Gasteiger partial charge in [0.2, 0.25) is 4.58 Å². The Kier molecular flexibility index (Phi) is 4.09. The van der Waals surface area contributed by atoms with Gasteiger partial charge >= 0.3 is 0 Å². The van der Waals surface area contributed by atoms with Gasteiger partial charge in [0.15, 0.2) is 0 Å². The van der Waals surface area contributed by atoms with Crippen LogP contribution in [0.25, 0.3) is 0 Å². The third kappa shape index (κ3) is 2.50. The predicted molar refractivity (Wildman–Crippen MR) is 80.5 cm³/mol. The molecule has 0 aromatic heterocycles. The van der Waals surface area contributed by atoms with Crippen molar-refractivity contribution in [2.75, 3.05) is 6.66 Å². The van der Waals surface area contributed by atoms with Gasteiger partial charge < -0.3 is 0 Å². The number of benzene rings is 2. The molecule has 0 unspecified atom stereocenters. The van der Waals surface area contributed by atoms with Gasteiger partial charge in [0.1, 0.15) is 17.9 Å². The monoisotopic (exact) mass is 283 g/mol. The first-order valence-electron chi connectivity index (χ1n) is 5.41. The highest BCUT2D eigenvalue weighted by molar-refractivity contribution is 7.91. The van der Waals surface area contributed by atoms with E-state index in [9.17, 15) is 0 Å². The van der Waals surface area contributed by atoms with E-state index in [1.165, 1.54) is 10.6 Å². The molecule has 0 aliphatic carbocycles. The number of alkyl halides is 2. The van der Waals surface area contributed by atoms with Gasteiger partial charge in [-0.2, -0.15) is 0 Å². The minimum absolute atomic E-state index is 0.382. The summed E-state index contributed by atoms with van der Waals surface area (Å²) in [5.41, 5.74) is 0. The first kappa shape index (κ1) is 12.9. The summed E-state index contributed by atoms with van der Waals surface area (Å²) in [6.45, 7) is 2.18. The lowest BCUT2D eigenvalue weighted by atomic mass is 10.4. The van der Waals surface area contributed by atoms with Gasteiger partial charge in [0.25, 0.3) is 0 Å². The molecule has 0 aliphatic heterocycles. The van der Waals surface area contributed by atoms with Crippen molar-refractivity contribution in [3.63, 3.8) is 0 Å². The lowest BCUT2D eigenvalue weighted by molar-refractivity contribution is 1.70. The van der Waals surface area contributed by atoms with Gasteiger partial charge in [0, 0.05) is 0 Å². The summed E-state index contributed by atoms with van der Waals surface area (Å²) in [5, 5.41) is 2.47. The van der Waals surface area contributed by atoms with E-state index in [-0.39, 0.29) is 4.58 Å². The minimum Gasteiger partial charge on any atom is -0.0620 e. The lowest BCUT2D eigenvalue weighted by Crippen LogP contribution is -2.25. The molecule has 0 radical (unpaired) electrons. The quantitative estimate of drug-likeness (QED) is 0.589. The highest BCUT2D eigenvalue weighted by Gasteiger charge is 2.43. The van der Waals surface area contributed by atoms with E-state index in [1.54, 1.807) is 0 Å². The zero-order valence-corrected chi connectivity index (χ0v) is 12.0. The van der Waals surface area contributed by atoms with Gasteiger partial charge in [-0.1, -0.05) is 59.6 Å². The van der Waals surface area contributed by atoms with Crippen LogP contribution in [-0.4, -0.2) is 11.2 Å². The maximum Gasteiger partial charge on any atom is 0.224 e. The maximum atomic E-state index is 6.27. The molecule has 0 saturated heterocycles. The Balaban J connectivity index is 2.55. The molecular weight excluding hydrogens is 270 g/mol. The Morgan fingerprint density at radius 2 is 1.12 bits per heavy atom. The number of hydrogen-bond acceptors (Lipinski definition) is 0. The predicted octanol–water partition coefficient (Wildman–Crippen LogP) is 4.05. The molecule has 2 aromatic rings. The molecule has 17 heavy (non-hydrogen) atoms. The molecule has 0 nitrogen and oxygen atoms in total. The van der Waals surface area contributed by atoms with Crippen LogP contribution >= 0.6 is 30.5 Å². The van der Waals surface area contributed by atoms with E-state index in [4.69, 9.17) is 23.2 Å². The summed E-state index contributed by atoms with van der Waals surface area (Å²) in [4.78, 5) is 0. The van der Waals surface area contributed by atoms with Crippen molar-refractivity contribution in [2.24, 2.45) is 0 Å². The molecule has 0 fully saturated rings. The van der Waals surface area contributed by atoms with E-state index in [2.05, 4.69) is 30.9 Å². The van der Waals surface area contributed by atoms with Gasteiger partial charge in [-0.25, -0.2) is 0 Å². The number of hydrogen-bond donors (Lipinski definition) is 0. The molecule has 0 amide bonds. The Bertz CT molecular complexity index is 429.